The van der Waals surface area contributed by atoms with E-state index in [1.54, 1.807) is 42.2 Å². The van der Waals surface area contributed by atoms with E-state index in [0.717, 1.165) is 0 Å². The molecule has 2 rings (SSSR count). The summed E-state index contributed by atoms with van der Waals surface area (Å²) in [6.45, 7) is 0. The smallest absolute Gasteiger partial charge is 0.260 e. The van der Waals surface area contributed by atoms with Gasteiger partial charge in [-0.15, -0.1) is 0 Å². The van der Waals surface area contributed by atoms with Crippen molar-refractivity contribution in [2.75, 3.05) is 12.4 Å². The predicted octanol–water partition coefficient (Wildman–Crippen LogP) is 1.68. The summed E-state index contributed by atoms with van der Waals surface area (Å²) >= 11 is 0. The lowest BCUT2D eigenvalue weighted by molar-refractivity contribution is 0.102. The fourth-order valence-corrected chi connectivity index (χ4v) is 1.50. The number of amides is 1. The zero-order valence-corrected chi connectivity index (χ0v) is 9.68. The molecule has 17 heavy (non-hydrogen) atoms. The second kappa shape index (κ2) is 4.69. The van der Waals surface area contributed by atoms with Gasteiger partial charge in [0.05, 0.1) is 12.7 Å². The van der Waals surface area contributed by atoms with Gasteiger partial charge in [0, 0.05) is 19.3 Å². The normalized spacial score (nSPS) is 10.0. The number of methoxy groups -OCH3 is 1. The third kappa shape index (κ3) is 2.44. The second-order valence-electron chi connectivity index (χ2n) is 3.53. The van der Waals surface area contributed by atoms with Crippen LogP contribution in [0.15, 0.2) is 36.5 Å². The molecule has 5 nitrogen and oxygen atoms in total. The molecule has 1 amide bonds. The Bertz CT molecular complexity index is 534. The number of hydrogen-bond donors (Lipinski definition) is 1. The Morgan fingerprint density at radius 3 is 2.76 bits per heavy atom. The molecule has 1 aromatic heterocycles. The molecule has 0 aliphatic rings. The number of anilines is 1. The summed E-state index contributed by atoms with van der Waals surface area (Å²) < 4.78 is 6.75. The van der Waals surface area contributed by atoms with Crippen LogP contribution in [0.4, 0.5) is 5.82 Å². The van der Waals surface area contributed by atoms with E-state index in [1.165, 1.54) is 7.11 Å². The minimum absolute atomic E-state index is 0.235. The van der Waals surface area contributed by atoms with Gasteiger partial charge in [0.2, 0.25) is 0 Å². The van der Waals surface area contributed by atoms with Crippen LogP contribution >= 0.6 is 0 Å². The molecule has 88 valence electrons. The molecule has 0 unspecified atom stereocenters. The molecule has 0 aliphatic heterocycles. The highest BCUT2D eigenvalue weighted by atomic mass is 16.5. The quantitative estimate of drug-likeness (QED) is 0.874. The molecule has 1 aromatic carbocycles. The number of ether oxygens (including phenoxy) is 1. The Morgan fingerprint density at radius 2 is 2.12 bits per heavy atom. The van der Waals surface area contributed by atoms with Crippen molar-refractivity contribution in [1.82, 2.24) is 9.78 Å². The Hall–Kier alpha value is -2.30. The molecule has 0 saturated carbocycles. The van der Waals surface area contributed by atoms with Gasteiger partial charge in [0.25, 0.3) is 5.91 Å². The van der Waals surface area contributed by atoms with Crippen LogP contribution in [0.1, 0.15) is 10.4 Å². The molecule has 5 heteroatoms. The maximum Gasteiger partial charge on any atom is 0.260 e. The number of para-hydroxylation sites is 1. The van der Waals surface area contributed by atoms with Crippen molar-refractivity contribution >= 4 is 11.7 Å². The standard InChI is InChI=1S/C12H13N3O2/c1-15-8-7-11(14-15)13-12(16)9-5-3-4-6-10(9)17-2/h3-8H,1-2H3,(H,13,14,16). The fourth-order valence-electron chi connectivity index (χ4n) is 1.50. The van der Waals surface area contributed by atoms with Crippen molar-refractivity contribution in [2.24, 2.45) is 7.05 Å². The summed E-state index contributed by atoms with van der Waals surface area (Å²) in [5, 5.41) is 6.78. The highest BCUT2D eigenvalue weighted by Gasteiger charge is 2.12. The molecule has 0 aliphatic carbocycles. The fraction of sp³-hybridized carbons (Fsp3) is 0.167. The van der Waals surface area contributed by atoms with Crippen LogP contribution in [-0.2, 0) is 7.05 Å². The topological polar surface area (TPSA) is 56.1 Å². The average Bonchev–Trinajstić information content (AvgIpc) is 2.74. The molecule has 1 heterocycles. The number of hydrogen-bond acceptors (Lipinski definition) is 3. The summed E-state index contributed by atoms with van der Waals surface area (Å²) in [5.74, 6) is 0.825. The number of aromatic nitrogens is 2. The van der Waals surface area contributed by atoms with Crippen molar-refractivity contribution in [2.45, 2.75) is 0 Å². The van der Waals surface area contributed by atoms with Crippen LogP contribution in [-0.4, -0.2) is 22.8 Å². The Morgan fingerprint density at radius 1 is 1.35 bits per heavy atom. The summed E-state index contributed by atoms with van der Waals surface area (Å²) in [6.07, 6.45) is 1.76. The van der Waals surface area contributed by atoms with Crippen LogP contribution in [0.25, 0.3) is 0 Å². The SMILES string of the molecule is COc1ccccc1C(=O)Nc1ccn(C)n1. The Kier molecular flexibility index (Phi) is 3.09. The minimum atomic E-state index is -0.235. The molecule has 0 fully saturated rings. The second-order valence-corrected chi connectivity index (χ2v) is 3.53. The van der Waals surface area contributed by atoms with E-state index < -0.39 is 0 Å². The van der Waals surface area contributed by atoms with Crippen molar-refractivity contribution in [1.29, 1.82) is 0 Å². The molecular weight excluding hydrogens is 218 g/mol. The van der Waals surface area contributed by atoms with Crippen molar-refractivity contribution in [3.8, 4) is 5.75 Å². The van der Waals surface area contributed by atoms with Gasteiger partial charge >= 0.3 is 0 Å². The molecule has 0 radical (unpaired) electrons. The van der Waals surface area contributed by atoms with E-state index in [2.05, 4.69) is 10.4 Å². The molecule has 2 aromatic rings. The summed E-state index contributed by atoms with van der Waals surface area (Å²) in [7, 11) is 3.33. The molecule has 1 N–H and O–H groups in total. The van der Waals surface area contributed by atoms with Gasteiger partial charge in [-0.2, -0.15) is 5.10 Å². The zero-order valence-electron chi connectivity index (χ0n) is 9.68. The minimum Gasteiger partial charge on any atom is -0.496 e. The lowest BCUT2D eigenvalue weighted by Crippen LogP contribution is -2.13. The van der Waals surface area contributed by atoms with E-state index in [0.29, 0.717) is 17.1 Å². The van der Waals surface area contributed by atoms with Gasteiger partial charge in [-0.05, 0) is 12.1 Å². The number of nitrogens with one attached hydrogen (secondary N) is 1. The van der Waals surface area contributed by atoms with Crippen molar-refractivity contribution in [3.05, 3.63) is 42.1 Å². The summed E-state index contributed by atoms with van der Waals surface area (Å²) in [4.78, 5) is 12.0. The summed E-state index contributed by atoms with van der Waals surface area (Å²) in [5.41, 5.74) is 0.487. The van der Waals surface area contributed by atoms with Crippen molar-refractivity contribution in [3.63, 3.8) is 0 Å². The summed E-state index contributed by atoms with van der Waals surface area (Å²) in [6, 6.07) is 8.78. The van der Waals surface area contributed by atoms with Gasteiger partial charge in [-0.3, -0.25) is 9.48 Å². The molecule has 0 spiro atoms. The number of rotatable bonds is 3. The first-order valence-electron chi connectivity index (χ1n) is 5.14. The molecule has 0 bridgehead atoms. The van der Waals surface area contributed by atoms with E-state index in [1.807, 2.05) is 6.07 Å². The number of nitrogens with zero attached hydrogens (tertiary/aromatic N) is 2. The molecular formula is C12H13N3O2. The van der Waals surface area contributed by atoms with Crippen LogP contribution < -0.4 is 10.1 Å². The Labute approximate surface area is 99.0 Å². The van der Waals surface area contributed by atoms with E-state index in [9.17, 15) is 4.79 Å². The number of benzene rings is 1. The van der Waals surface area contributed by atoms with E-state index >= 15 is 0 Å². The molecule has 0 atom stereocenters. The first-order chi connectivity index (χ1) is 8.20. The van der Waals surface area contributed by atoms with Gasteiger partial charge in [0.1, 0.15) is 5.75 Å². The van der Waals surface area contributed by atoms with Crippen LogP contribution in [0.3, 0.4) is 0 Å². The molecule has 0 saturated heterocycles. The van der Waals surface area contributed by atoms with Gasteiger partial charge < -0.3 is 10.1 Å². The number of aryl methyl sites for hydroxylation is 1. The zero-order chi connectivity index (χ0) is 12.3. The first-order valence-corrected chi connectivity index (χ1v) is 5.14. The maximum absolute atomic E-state index is 12.0. The largest absolute Gasteiger partial charge is 0.496 e. The predicted molar refractivity (Wildman–Crippen MR) is 64.2 cm³/mol. The van der Waals surface area contributed by atoms with Crippen LogP contribution in [0.5, 0.6) is 5.75 Å². The highest BCUT2D eigenvalue weighted by molar-refractivity contribution is 6.05. The maximum atomic E-state index is 12.0. The third-order valence-electron chi connectivity index (χ3n) is 2.31. The average molecular weight is 231 g/mol. The number of carbonyl (C=O) groups excluding carboxylic acids is 1. The van der Waals surface area contributed by atoms with E-state index in [4.69, 9.17) is 4.74 Å². The number of carbonyl (C=O) groups is 1. The third-order valence-corrected chi connectivity index (χ3v) is 2.31. The van der Waals surface area contributed by atoms with Gasteiger partial charge in [-0.1, -0.05) is 12.1 Å². The first kappa shape index (κ1) is 11.2. The lowest BCUT2D eigenvalue weighted by Gasteiger charge is -2.07. The van der Waals surface area contributed by atoms with Gasteiger partial charge in [0.15, 0.2) is 5.82 Å². The monoisotopic (exact) mass is 231 g/mol. The van der Waals surface area contributed by atoms with Crippen LogP contribution in [0, 0.1) is 0 Å². The lowest BCUT2D eigenvalue weighted by atomic mass is 10.2. The Balaban J connectivity index is 2.20. The van der Waals surface area contributed by atoms with E-state index in [-0.39, 0.29) is 5.91 Å². The highest BCUT2D eigenvalue weighted by Crippen LogP contribution is 2.18. The van der Waals surface area contributed by atoms with Crippen LogP contribution in [0.2, 0.25) is 0 Å². The van der Waals surface area contributed by atoms with Crippen molar-refractivity contribution < 1.29 is 9.53 Å². The van der Waals surface area contributed by atoms with Gasteiger partial charge in [-0.25, -0.2) is 0 Å².